The van der Waals surface area contributed by atoms with E-state index in [1.54, 1.807) is 0 Å². The smallest absolute Gasteiger partial charge is 0.0639 e. The summed E-state index contributed by atoms with van der Waals surface area (Å²) in [6, 6.07) is 0. The first kappa shape index (κ1) is 13.0. The first-order valence-corrected chi connectivity index (χ1v) is 6.54. The van der Waals surface area contributed by atoms with Gasteiger partial charge in [0, 0.05) is 19.6 Å². The molecule has 2 nitrogen and oxygen atoms in total. The lowest BCUT2D eigenvalue weighted by Gasteiger charge is -2.43. The quantitative estimate of drug-likeness (QED) is 0.657. The van der Waals surface area contributed by atoms with Gasteiger partial charge in [-0.05, 0) is 18.8 Å². The highest BCUT2D eigenvalue weighted by atomic mass is 16.3. The number of aliphatic hydroxyl groups excluding tert-OH is 1. The van der Waals surface area contributed by atoms with Gasteiger partial charge in [0.05, 0.1) is 6.10 Å². The second kappa shape index (κ2) is 6.49. The Morgan fingerprint density at radius 1 is 1.27 bits per heavy atom. The Morgan fingerprint density at radius 3 is 2.47 bits per heavy atom. The van der Waals surface area contributed by atoms with E-state index in [1.165, 1.54) is 38.8 Å². The molecular weight excluding hydrogens is 186 g/mol. The lowest BCUT2D eigenvalue weighted by atomic mass is 9.83. The first-order valence-electron chi connectivity index (χ1n) is 6.54. The second-order valence-corrected chi connectivity index (χ2v) is 5.30. The zero-order valence-corrected chi connectivity index (χ0v) is 10.6. The van der Waals surface area contributed by atoms with Crippen LogP contribution >= 0.6 is 0 Å². The van der Waals surface area contributed by atoms with Crippen molar-refractivity contribution in [1.82, 2.24) is 4.90 Å². The second-order valence-electron chi connectivity index (χ2n) is 5.30. The molecule has 0 spiro atoms. The highest BCUT2D eigenvalue weighted by Gasteiger charge is 2.30. The van der Waals surface area contributed by atoms with Crippen LogP contribution in [0.3, 0.4) is 0 Å². The minimum Gasteiger partial charge on any atom is -0.392 e. The van der Waals surface area contributed by atoms with E-state index >= 15 is 0 Å². The third-order valence-corrected chi connectivity index (χ3v) is 3.58. The van der Waals surface area contributed by atoms with E-state index < -0.39 is 0 Å². The molecule has 0 bridgehead atoms. The Labute approximate surface area is 94.7 Å². The van der Waals surface area contributed by atoms with E-state index in [-0.39, 0.29) is 6.10 Å². The normalized spacial score (nSPS) is 22.4. The molecule has 0 aromatic heterocycles. The molecule has 1 aliphatic rings. The van der Waals surface area contributed by atoms with Gasteiger partial charge in [-0.3, -0.25) is 0 Å². The van der Waals surface area contributed by atoms with Crippen LogP contribution in [-0.4, -0.2) is 35.7 Å². The van der Waals surface area contributed by atoms with Crippen molar-refractivity contribution >= 4 is 0 Å². The van der Waals surface area contributed by atoms with Gasteiger partial charge in [-0.25, -0.2) is 0 Å². The van der Waals surface area contributed by atoms with Crippen molar-refractivity contribution in [3.05, 3.63) is 0 Å². The lowest BCUT2D eigenvalue weighted by Crippen LogP contribution is -2.51. The van der Waals surface area contributed by atoms with Crippen LogP contribution in [0.15, 0.2) is 0 Å². The number of unbranched alkanes of at least 4 members (excludes halogenated alkanes) is 2. The molecule has 0 amide bonds. The summed E-state index contributed by atoms with van der Waals surface area (Å²) < 4.78 is 0. The Kier molecular flexibility index (Phi) is 5.62. The zero-order chi connectivity index (χ0) is 11.3. The molecule has 0 aromatic carbocycles. The highest BCUT2D eigenvalue weighted by molar-refractivity contribution is 4.84. The maximum atomic E-state index is 9.24. The average molecular weight is 213 g/mol. The minimum absolute atomic E-state index is 0.165. The molecular formula is C13H27NO. The van der Waals surface area contributed by atoms with Gasteiger partial charge >= 0.3 is 0 Å². The predicted octanol–water partition coefficient (Wildman–Crippen LogP) is 2.52. The van der Waals surface area contributed by atoms with Crippen LogP contribution in [0.4, 0.5) is 0 Å². The summed E-state index contributed by atoms with van der Waals surface area (Å²) >= 11 is 0. The average Bonchev–Trinajstić information content (AvgIpc) is 2.10. The molecule has 0 saturated carbocycles. The van der Waals surface area contributed by atoms with Crippen molar-refractivity contribution in [2.45, 2.75) is 52.6 Å². The van der Waals surface area contributed by atoms with Crippen LogP contribution in [0, 0.1) is 11.8 Å². The number of rotatable bonds is 7. The monoisotopic (exact) mass is 213 g/mol. The van der Waals surface area contributed by atoms with Gasteiger partial charge in [-0.15, -0.1) is 0 Å². The van der Waals surface area contributed by atoms with Crippen LogP contribution < -0.4 is 0 Å². The molecule has 1 aliphatic heterocycles. The van der Waals surface area contributed by atoms with Crippen molar-refractivity contribution in [3.8, 4) is 0 Å². The molecule has 0 aromatic rings. The number of aliphatic hydroxyl groups is 1. The van der Waals surface area contributed by atoms with Gasteiger partial charge in [0.1, 0.15) is 0 Å². The standard InChI is InChI=1S/C13H27NO/c1-4-5-6-7-11(2)13-9-14(10-13)8-12(3)15/h11-13,15H,4-10H2,1-3H3/t11?,12-/m1/s1. The summed E-state index contributed by atoms with van der Waals surface area (Å²) in [5.74, 6) is 1.77. The maximum absolute atomic E-state index is 9.24. The maximum Gasteiger partial charge on any atom is 0.0639 e. The molecule has 2 atom stereocenters. The van der Waals surface area contributed by atoms with E-state index in [2.05, 4.69) is 18.7 Å². The van der Waals surface area contributed by atoms with Crippen molar-refractivity contribution in [2.75, 3.05) is 19.6 Å². The number of hydrogen-bond acceptors (Lipinski definition) is 2. The van der Waals surface area contributed by atoms with Gasteiger partial charge in [-0.1, -0.05) is 39.5 Å². The van der Waals surface area contributed by atoms with E-state index in [1.807, 2.05) is 6.92 Å². The van der Waals surface area contributed by atoms with Crippen molar-refractivity contribution in [2.24, 2.45) is 11.8 Å². The Hall–Kier alpha value is -0.0800. The SMILES string of the molecule is CCCCCC(C)C1CN(C[C@@H](C)O)C1. The highest BCUT2D eigenvalue weighted by Crippen LogP contribution is 2.27. The lowest BCUT2D eigenvalue weighted by molar-refractivity contribution is 0.0220. The van der Waals surface area contributed by atoms with Crippen molar-refractivity contribution in [3.63, 3.8) is 0 Å². The summed E-state index contributed by atoms with van der Waals surface area (Å²) in [5.41, 5.74) is 0. The number of hydrogen-bond donors (Lipinski definition) is 1. The van der Waals surface area contributed by atoms with Crippen LogP contribution in [0.5, 0.6) is 0 Å². The van der Waals surface area contributed by atoms with Crippen molar-refractivity contribution < 1.29 is 5.11 Å². The largest absolute Gasteiger partial charge is 0.392 e. The van der Waals surface area contributed by atoms with Crippen LogP contribution in [0.25, 0.3) is 0 Å². The number of nitrogens with zero attached hydrogens (tertiary/aromatic N) is 1. The third kappa shape index (κ3) is 4.52. The van der Waals surface area contributed by atoms with E-state index in [0.29, 0.717) is 0 Å². The number of β-amino-alcohol motifs (C(OH)–C–C–N with tert-alkyl or cyclic N) is 1. The van der Waals surface area contributed by atoms with E-state index in [4.69, 9.17) is 0 Å². The van der Waals surface area contributed by atoms with Crippen LogP contribution in [0.1, 0.15) is 46.5 Å². The van der Waals surface area contributed by atoms with Gasteiger partial charge in [-0.2, -0.15) is 0 Å². The van der Waals surface area contributed by atoms with Gasteiger partial charge in [0.2, 0.25) is 0 Å². The molecule has 1 N–H and O–H groups in total. The summed E-state index contributed by atoms with van der Waals surface area (Å²) in [6.07, 6.45) is 5.33. The predicted molar refractivity (Wildman–Crippen MR) is 64.9 cm³/mol. The van der Waals surface area contributed by atoms with E-state index in [0.717, 1.165) is 18.4 Å². The molecule has 1 fully saturated rings. The topological polar surface area (TPSA) is 23.5 Å². The van der Waals surface area contributed by atoms with Crippen molar-refractivity contribution in [1.29, 1.82) is 0 Å². The Bertz CT molecular complexity index is 164. The summed E-state index contributed by atoms with van der Waals surface area (Å²) in [4.78, 5) is 2.37. The van der Waals surface area contributed by atoms with Gasteiger partial charge in [0.15, 0.2) is 0 Å². The Balaban J connectivity index is 2.04. The summed E-state index contributed by atoms with van der Waals surface area (Å²) in [6.45, 7) is 9.80. The van der Waals surface area contributed by atoms with Gasteiger partial charge < -0.3 is 10.0 Å². The molecule has 0 radical (unpaired) electrons. The zero-order valence-electron chi connectivity index (χ0n) is 10.6. The molecule has 2 heteroatoms. The number of likely N-dealkylation sites (tertiary alicyclic amines) is 1. The molecule has 90 valence electrons. The van der Waals surface area contributed by atoms with Crippen LogP contribution in [-0.2, 0) is 0 Å². The summed E-state index contributed by atoms with van der Waals surface area (Å²) in [7, 11) is 0. The fourth-order valence-electron chi connectivity index (χ4n) is 2.44. The molecule has 1 unspecified atom stereocenters. The molecule has 0 aliphatic carbocycles. The fourth-order valence-corrected chi connectivity index (χ4v) is 2.44. The van der Waals surface area contributed by atoms with Gasteiger partial charge in [0.25, 0.3) is 0 Å². The molecule has 15 heavy (non-hydrogen) atoms. The summed E-state index contributed by atoms with van der Waals surface area (Å²) in [5, 5.41) is 9.24. The Morgan fingerprint density at radius 2 is 1.93 bits per heavy atom. The molecule has 1 saturated heterocycles. The molecule has 1 heterocycles. The first-order chi connectivity index (χ1) is 7.13. The minimum atomic E-state index is -0.165. The third-order valence-electron chi connectivity index (χ3n) is 3.58. The van der Waals surface area contributed by atoms with Crippen LogP contribution in [0.2, 0.25) is 0 Å². The molecule has 1 rings (SSSR count). The fraction of sp³-hybridized carbons (Fsp3) is 1.00. The van der Waals surface area contributed by atoms with E-state index in [9.17, 15) is 5.11 Å².